The number of halogens is 4. The Bertz CT molecular complexity index is 192. The van der Waals surface area contributed by atoms with Gasteiger partial charge in [0, 0.05) is 19.6 Å². The van der Waals surface area contributed by atoms with Crippen molar-refractivity contribution >= 4 is 16.9 Å². The molecular formula is C8H12F4OS. The zero-order chi connectivity index (χ0) is 11.4. The molecule has 0 bridgehead atoms. The van der Waals surface area contributed by atoms with Crippen molar-refractivity contribution in [3.05, 3.63) is 0 Å². The van der Waals surface area contributed by atoms with Crippen LogP contribution >= 0.6 is 11.8 Å². The first kappa shape index (κ1) is 13.7. The van der Waals surface area contributed by atoms with Crippen molar-refractivity contribution in [3.8, 4) is 0 Å². The summed E-state index contributed by atoms with van der Waals surface area (Å²) in [6, 6.07) is 0. The van der Waals surface area contributed by atoms with Gasteiger partial charge in [-0.2, -0.15) is 0 Å². The van der Waals surface area contributed by atoms with Crippen LogP contribution in [0.2, 0.25) is 0 Å². The van der Waals surface area contributed by atoms with Gasteiger partial charge in [-0.15, -0.1) is 0 Å². The zero-order valence-corrected chi connectivity index (χ0v) is 8.71. The molecule has 1 nitrogen and oxygen atoms in total. The van der Waals surface area contributed by atoms with Gasteiger partial charge in [0.25, 0.3) is 5.92 Å². The van der Waals surface area contributed by atoms with Crippen molar-refractivity contribution in [2.45, 2.75) is 38.5 Å². The van der Waals surface area contributed by atoms with Crippen molar-refractivity contribution in [2.75, 3.05) is 5.75 Å². The molecule has 0 rings (SSSR count). The fourth-order valence-corrected chi connectivity index (χ4v) is 1.41. The fraction of sp³-hybridized carbons (Fsp3) is 0.875. The van der Waals surface area contributed by atoms with E-state index >= 15 is 0 Å². The van der Waals surface area contributed by atoms with Gasteiger partial charge in [0.15, 0.2) is 11.3 Å². The molecule has 0 heterocycles. The zero-order valence-electron chi connectivity index (χ0n) is 7.90. The number of carbonyl (C=O) groups excluding carboxylic acids is 1. The molecule has 6 heteroatoms. The Balaban J connectivity index is 3.84. The van der Waals surface area contributed by atoms with Crippen molar-refractivity contribution in [3.63, 3.8) is 0 Å². The van der Waals surface area contributed by atoms with E-state index in [1.165, 1.54) is 6.92 Å². The lowest BCUT2D eigenvalue weighted by molar-refractivity contribution is -0.109. The van der Waals surface area contributed by atoms with Crippen LogP contribution < -0.4 is 0 Å². The Morgan fingerprint density at radius 2 is 1.93 bits per heavy atom. The Hall–Kier alpha value is -0.260. The molecular weight excluding hydrogens is 220 g/mol. The summed E-state index contributed by atoms with van der Waals surface area (Å²) < 4.78 is 49.9. The van der Waals surface area contributed by atoms with E-state index in [-0.39, 0.29) is 17.3 Å². The predicted molar refractivity (Wildman–Crippen MR) is 48.2 cm³/mol. The summed E-state index contributed by atoms with van der Waals surface area (Å²) in [4.78, 5) is 10.4. The molecule has 0 aromatic carbocycles. The average molecular weight is 232 g/mol. The summed E-state index contributed by atoms with van der Waals surface area (Å²) >= 11 is 0.797. The predicted octanol–water partition coefficient (Wildman–Crippen LogP) is 2.99. The fourth-order valence-electron chi connectivity index (χ4n) is 0.779. The molecule has 2 atom stereocenters. The van der Waals surface area contributed by atoms with Gasteiger partial charge in [0.1, 0.15) is 6.17 Å². The Morgan fingerprint density at radius 1 is 1.43 bits per heavy atom. The largest absolute Gasteiger partial charge is 0.288 e. The first-order valence-corrected chi connectivity index (χ1v) is 5.03. The molecule has 0 spiro atoms. The molecule has 0 N–H and O–H groups in total. The first-order chi connectivity index (χ1) is 6.25. The number of alkyl halides is 4. The van der Waals surface area contributed by atoms with Crippen molar-refractivity contribution < 1.29 is 22.4 Å². The average Bonchev–Trinajstić information content (AvgIpc) is 2.00. The van der Waals surface area contributed by atoms with E-state index in [2.05, 4.69) is 0 Å². The van der Waals surface area contributed by atoms with Crippen LogP contribution in [0, 0.1) is 0 Å². The standard InChI is InChI=1S/C8H12F4OS/c1-5(13)14-4-3-6(9)7(10)8(2,11)12/h6-7H,3-4H2,1-2H3. The van der Waals surface area contributed by atoms with E-state index in [1.54, 1.807) is 0 Å². The Morgan fingerprint density at radius 3 is 2.29 bits per heavy atom. The van der Waals surface area contributed by atoms with Crippen LogP contribution in [0.15, 0.2) is 0 Å². The number of hydrogen-bond donors (Lipinski definition) is 0. The number of rotatable bonds is 5. The van der Waals surface area contributed by atoms with Gasteiger partial charge in [0.2, 0.25) is 0 Å². The molecule has 2 unspecified atom stereocenters. The summed E-state index contributed by atoms with van der Waals surface area (Å²) in [5.74, 6) is -3.65. The molecule has 14 heavy (non-hydrogen) atoms. The number of carbonyl (C=O) groups is 1. The highest BCUT2D eigenvalue weighted by Crippen LogP contribution is 2.27. The van der Waals surface area contributed by atoms with Crippen LogP contribution in [-0.2, 0) is 4.79 Å². The summed E-state index contributed by atoms with van der Waals surface area (Å²) in [7, 11) is 0. The highest BCUT2D eigenvalue weighted by molar-refractivity contribution is 8.13. The summed E-state index contributed by atoms with van der Waals surface area (Å²) in [5.41, 5.74) is 0. The lowest BCUT2D eigenvalue weighted by Crippen LogP contribution is -2.35. The second-order valence-corrected chi connectivity index (χ2v) is 4.27. The maximum Gasteiger partial charge on any atom is 0.278 e. The van der Waals surface area contributed by atoms with Crippen molar-refractivity contribution in [1.29, 1.82) is 0 Å². The van der Waals surface area contributed by atoms with Crippen LogP contribution in [0.4, 0.5) is 17.6 Å². The van der Waals surface area contributed by atoms with E-state index in [4.69, 9.17) is 0 Å². The van der Waals surface area contributed by atoms with Gasteiger partial charge in [-0.25, -0.2) is 17.6 Å². The lowest BCUT2D eigenvalue weighted by atomic mass is 10.1. The van der Waals surface area contributed by atoms with Crippen LogP contribution in [-0.4, -0.2) is 29.1 Å². The van der Waals surface area contributed by atoms with Crippen LogP contribution in [0.1, 0.15) is 20.3 Å². The molecule has 0 saturated carbocycles. The van der Waals surface area contributed by atoms with Crippen LogP contribution in [0.3, 0.4) is 0 Å². The van der Waals surface area contributed by atoms with E-state index in [0.717, 1.165) is 11.8 Å². The quantitative estimate of drug-likeness (QED) is 0.678. The monoisotopic (exact) mass is 232 g/mol. The highest BCUT2D eigenvalue weighted by atomic mass is 32.2. The third-order valence-electron chi connectivity index (χ3n) is 1.50. The molecule has 84 valence electrons. The number of hydrogen-bond acceptors (Lipinski definition) is 2. The van der Waals surface area contributed by atoms with E-state index < -0.39 is 18.3 Å². The van der Waals surface area contributed by atoms with E-state index in [0.29, 0.717) is 6.92 Å². The SMILES string of the molecule is CC(=O)SCCC(F)C(F)C(C)(F)F. The van der Waals surface area contributed by atoms with Gasteiger partial charge >= 0.3 is 0 Å². The highest BCUT2D eigenvalue weighted by Gasteiger charge is 2.40. The van der Waals surface area contributed by atoms with Gasteiger partial charge in [-0.1, -0.05) is 11.8 Å². The summed E-state index contributed by atoms with van der Waals surface area (Å²) in [6.07, 6.45) is -5.40. The second-order valence-electron chi connectivity index (χ2n) is 3.00. The van der Waals surface area contributed by atoms with Gasteiger partial charge in [-0.05, 0) is 6.42 Å². The third-order valence-corrected chi connectivity index (χ3v) is 2.35. The maximum absolute atomic E-state index is 12.8. The van der Waals surface area contributed by atoms with Crippen LogP contribution in [0.25, 0.3) is 0 Å². The summed E-state index contributed by atoms with van der Waals surface area (Å²) in [6.45, 7) is 1.61. The minimum Gasteiger partial charge on any atom is -0.288 e. The van der Waals surface area contributed by atoms with Gasteiger partial charge in [-0.3, -0.25) is 4.79 Å². The normalized spacial score (nSPS) is 16.4. The molecule has 0 aromatic rings. The molecule has 0 aromatic heterocycles. The topological polar surface area (TPSA) is 17.1 Å². The first-order valence-electron chi connectivity index (χ1n) is 4.04. The molecule has 0 saturated heterocycles. The second kappa shape index (κ2) is 5.58. The van der Waals surface area contributed by atoms with Crippen molar-refractivity contribution in [1.82, 2.24) is 0 Å². The Labute approximate surface area is 84.2 Å². The molecule has 0 aliphatic heterocycles. The van der Waals surface area contributed by atoms with E-state index in [1.807, 2.05) is 0 Å². The minimum absolute atomic E-state index is 0.0208. The van der Waals surface area contributed by atoms with Crippen LogP contribution in [0.5, 0.6) is 0 Å². The molecule has 0 radical (unpaired) electrons. The van der Waals surface area contributed by atoms with Gasteiger partial charge < -0.3 is 0 Å². The smallest absolute Gasteiger partial charge is 0.278 e. The minimum atomic E-state index is -3.67. The van der Waals surface area contributed by atoms with Crippen molar-refractivity contribution in [2.24, 2.45) is 0 Å². The third kappa shape index (κ3) is 5.47. The maximum atomic E-state index is 12.8. The molecule has 0 aliphatic rings. The molecule has 0 amide bonds. The lowest BCUT2D eigenvalue weighted by Gasteiger charge is -2.19. The molecule has 0 aliphatic carbocycles. The van der Waals surface area contributed by atoms with Gasteiger partial charge in [0.05, 0.1) is 0 Å². The summed E-state index contributed by atoms with van der Waals surface area (Å²) in [5, 5.41) is -0.240. The Kier molecular flexibility index (Phi) is 5.48. The number of thioether (sulfide) groups is 1. The van der Waals surface area contributed by atoms with E-state index in [9.17, 15) is 22.4 Å². The molecule has 0 fully saturated rings.